The molecule has 1 aromatic carbocycles. The predicted octanol–water partition coefficient (Wildman–Crippen LogP) is 3.34. The quantitative estimate of drug-likeness (QED) is 0.679. The van der Waals surface area contributed by atoms with E-state index in [0.29, 0.717) is 5.92 Å². The Morgan fingerprint density at radius 1 is 1.00 bits per heavy atom. The molecule has 23 heavy (non-hydrogen) atoms. The lowest BCUT2D eigenvalue weighted by atomic mass is 9.79. The highest BCUT2D eigenvalue weighted by Gasteiger charge is 2.25. The molecule has 1 aromatic rings. The van der Waals surface area contributed by atoms with Gasteiger partial charge in [0.15, 0.2) is 7.85 Å². The minimum atomic E-state index is 0.710. The van der Waals surface area contributed by atoms with Gasteiger partial charge in [0.25, 0.3) is 0 Å². The van der Waals surface area contributed by atoms with E-state index < -0.39 is 0 Å². The van der Waals surface area contributed by atoms with Crippen LogP contribution in [0.15, 0.2) is 48.7 Å². The minimum absolute atomic E-state index is 0.710. The maximum absolute atomic E-state index is 4.95. The second kappa shape index (κ2) is 6.23. The molecule has 0 N–H and O–H groups in total. The van der Waals surface area contributed by atoms with Gasteiger partial charge in [-0.1, -0.05) is 49.6 Å². The average Bonchev–Trinajstić information content (AvgIpc) is 2.94. The predicted molar refractivity (Wildman–Crippen MR) is 98.4 cm³/mol. The standard InChI is InChI=1S/C20H23BN2/c21-19-18(16-10-5-2-6-11-16)17-12-7-13-23(20(17)22-19)14-15-8-3-1-4-9-15/h1,3-4,7-9,12-13,16H,2,5-6,10-11,14,21H2. The number of hydrogen-bond acceptors (Lipinski definition) is 1. The summed E-state index contributed by atoms with van der Waals surface area (Å²) < 4.78 is 2.30. The van der Waals surface area contributed by atoms with Crippen LogP contribution in [-0.4, -0.2) is 17.4 Å². The number of nitrogens with zero attached hydrogens (tertiary/aromatic N) is 2. The van der Waals surface area contributed by atoms with Crippen LogP contribution in [0.3, 0.4) is 0 Å². The van der Waals surface area contributed by atoms with E-state index in [1.54, 1.807) is 0 Å². The van der Waals surface area contributed by atoms with Crippen LogP contribution in [0.2, 0.25) is 0 Å². The van der Waals surface area contributed by atoms with Crippen LogP contribution in [0.1, 0.15) is 49.1 Å². The highest BCUT2D eigenvalue weighted by atomic mass is 15.0. The highest BCUT2D eigenvalue weighted by Crippen LogP contribution is 2.37. The lowest BCUT2D eigenvalue weighted by molar-refractivity contribution is 0.446. The molecule has 0 aromatic heterocycles. The summed E-state index contributed by atoms with van der Waals surface area (Å²) in [5.74, 6) is 1.86. The number of rotatable bonds is 3. The fourth-order valence-electron chi connectivity index (χ4n) is 4.11. The normalized spacial score (nSPS) is 16.0. The molecular weight excluding hydrogens is 279 g/mol. The minimum Gasteiger partial charge on any atom is -0.328 e. The molecule has 2 aliphatic heterocycles. The number of fused-ring (bicyclic) bond motifs is 1. The van der Waals surface area contributed by atoms with E-state index in [0.717, 1.165) is 12.4 Å². The number of hydrogen-bond donors (Lipinski definition) is 0. The molecule has 116 valence electrons. The third-order valence-corrected chi connectivity index (χ3v) is 5.20. The van der Waals surface area contributed by atoms with E-state index in [2.05, 4.69) is 61.1 Å². The summed E-state index contributed by atoms with van der Waals surface area (Å²) in [6.07, 6.45) is 8.95. The van der Waals surface area contributed by atoms with Crippen molar-refractivity contribution in [3.05, 3.63) is 59.8 Å². The van der Waals surface area contributed by atoms with E-state index in [9.17, 15) is 0 Å². The van der Waals surface area contributed by atoms with Crippen LogP contribution in [0.25, 0.3) is 11.4 Å². The third-order valence-electron chi connectivity index (χ3n) is 5.20. The Labute approximate surface area is 139 Å². The van der Waals surface area contributed by atoms with Crippen molar-refractivity contribution in [2.75, 3.05) is 0 Å². The van der Waals surface area contributed by atoms with E-state index in [-0.39, 0.29) is 0 Å². The summed E-state index contributed by atoms with van der Waals surface area (Å²) in [5, 5.41) is 0. The maximum atomic E-state index is 4.95. The molecule has 0 radical (unpaired) electrons. The average molecular weight is 302 g/mol. The molecule has 0 amide bonds. The third kappa shape index (κ3) is 2.80. The van der Waals surface area contributed by atoms with Crippen LogP contribution < -0.4 is 5.59 Å². The fraction of sp³-hybridized carbons (Fsp3) is 0.350. The van der Waals surface area contributed by atoms with Crippen LogP contribution in [0, 0.1) is 0 Å². The molecule has 0 atom stereocenters. The van der Waals surface area contributed by atoms with Crippen molar-refractivity contribution in [2.24, 2.45) is 0 Å². The SMILES string of the molecule is Bc1nc2n(Cc3ccccc3)cccc-2c1C1CCCCC1. The van der Waals surface area contributed by atoms with Crippen molar-refractivity contribution < 1.29 is 0 Å². The molecule has 0 bridgehead atoms. The summed E-state index contributed by atoms with van der Waals surface area (Å²) in [5.41, 5.74) is 5.44. The molecule has 1 saturated carbocycles. The smallest absolute Gasteiger partial charge is 0.164 e. The van der Waals surface area contributed by atoms with Gasteiger partial charge < -0.3 is 4.57 Å². The van der Waals surface area contributed by atoms with Gasteiger partial charge in [0, 0.05) is 23.9 Å². The summed E-state index contributed by atoms with van der Waals surface area (Å²) >= 11 is 0. The van der Waals surface area contributed by atoms with Gasteiger partial charge in [0.05, 0.1) is 0 Å². The van der Waals surface area contributed by atoms with Crippen molar-refractivity contribution in [3.63, 3.8) is 0 Å². The topological polar surface area (TPSA) is 17.8 Å². The molecule has 2 nitrogen and oxygen atoms in total. The van der Waals surface area contributed by atoms with Gasteiger partial charge in [0.1, 0.15) is 5.82 Å². The summed E-state index contributed by atoms with van der Waals surface area (Å²) in [6.45, 7) is 0.888. The lowest BCUT2D eigenvalue weighted by Gasteiger charge is -2.23. The molecule has 2 heterocycles. The Morgan fingerprint density at radius 3 is 2.57 bits per heavy atom. The van der Waals surface area contributed by atoms with Crippen molar-refractivity contribution in [3.8, 4) is 11.4 Å². The van der Waals surface area contributed by atoms with Crippen molar-refractivity contribution >= 4 is 13.4 Å². The first-order chi connectivity index (χ1) is 11.3. The highest BCUT2D eigenvalue weighted by molar-refractivity contribution is 6.33. The molecule has 3 heteroatoms. The van der Waals surface area contributed by atoms with Crippen LogP contribution in [0.5, 0.6) is 0 Å². The van der Waals surface area contributed by atoms with E-state index in [1.165, 1.54) is 54.4 Å². The van der Waals surface area contributed by atoms with Gasteiger partial charge >= 0.3 is 0 Å². The molecule has 1 aliphatic carbocycles. The number of benzene rings is 1. The zero-order chi connectivity index (χ0) is 15.6. The largest absolute Gasteiger partial charge is 0.328 e. The summed E-state index contributed by atoms with van der Waals surface area (Å²) in [7, 11) is 2.19. The van der Waals surface area contributed by atoms with Crippen LogP contribution >= 0.6 is 0 Å². The van der Waals surface area contributed by atoms with Gasteiger partial charge in [-0.25, -0.2) is 4.98 Å². The first-order valence-electron chi connectivity index (χ1n) is 8.82. The van der Waals surface area contributed by atoms with Crippen molar-refractivity contribution in [1.82, 2.24) is 9.55 Å². The molecule has 4 rings (SSSR count). The fourth-order valence-corrected chi connectivity index (χ4v) is 4.11. The Morgan fingerprint density at radius 2 is 1.78 bits per heavy atom. The van der Waals surface area contributed by atoms with Gasteiger partial charge in [-0.05, 0) is 42.0 Å². The zero-order valence-electron chi connectivity index (χ0n) is 13.8. The van der Waals surface area contributed by atoms with Crippen molar-refractivity contribution in [2.45, 2.75) is 44.6 Å². The lowest BCUT2D eigenvalue weighted by Crippen LogP contribution is -2.15. The molecule has 0 unspecified atom stereocenters. The molecular formula is C20H23BN2. The van der Waals surface area contributed by atoms with Crippen molar-refractivity contribution in [1.29, 1.82) is 0 Å². The second-order valence-corrected chi connectivity index (χ2v) is 6.80. The van der Waals surface area contributed by atoms with Gasteiger partial charge in [-0.15, -0.1) is 0 Å². The van der Waals surface area contributed by atoms with Gasteiger partial charge in [-0.2, -0.15) is 0 Å². The maximum Gasteiger partial charge on any atom is 0.164 e. The Kier molecular flexibility index (Phi) is 3.94. The zero-order valence-corrected chi connectivity index (χ0v) is 13.8. The van der Waals surface area contributed by atoms with E-state index >= 15 is 0 Å². The second-order valence-electron chi connectivity index (χ2n) is 6.80. The van der Waals surface area contributed by atoms with Gasteiger partial charge in [0.2, 0.25) is 0 Å². The Bertz CT molecular complexity index is 757. The Hall–Kier alpha value is -2.03. The molecule has 1 fully saturated rings. The molecule has 0 spiro atoms. The van der Waals surface area contributed by atoms with E-state index in [1.807, 2.05) is 0 Å². The first kappa shape index (κ1) is 14.6. The van der Waals surface area contributed by atoms with Gasteiger partial charge in [-0.3, -0.25) is 0 Å². The molecule has 3 aliphatic rings. The Balaban J connectivity index is 1.71. The van der Waals surface area contributed by atoms with Crippen LogP contribution in [-0.2, 0) is 6.54 Å². The number of aromatic nitrogens is 2. The monoisotopic (exact) mass is 302 g/mol. The number of pyridine rings is 1. The van der Waals surface area contributed by atoms with E-state index in [4.69, 9.17) is 4.98 Å². The molecule has 0 saturated heterocycles. The summed E-state index contributed by atoms with van der Waals surface area (Å²) in [6, 6.07) is 15.1. The first-order valence-corrected chi connectivity index (χ1v) is 8.82. The summed E-state index contributed by atoms with van der Waals surface area (Å²) in [4.78, 5) is 4.95. The van der Waals surface area contributed by atoms with Crippen LogP contribution in [0.4, 0.5) is 0 Å².